The molecule has 18 heavy (non-hydrogen) atoms. The zero-order valence-electron chi connectivity index (χ0n) is 11.1. The zero-order chi connectivity index (χ0) is 13.1. The van der Waals surface area contributed by atoms with E-state index < -0.39 is 0 Å². The Morgan fingerprint density at radius 3 is 2.67 bits per heavy atom. The van der Waals surface area contributed by atoms with Crippen LogP contribution in [0.15, 0.2) is 30.3 Å². The first-order chi connectivity index (χ1) is 8.63. The van der Waals surface area contributed by atoms with Gasteiger partial charge >= 0.3 is 5.97 Å². The van der Waals surface area contributed by atoms with Crippen LogP contribution in [0.2, 0.25) is 0 Å². The maximum atomic E-state index is 12.1. The lowest BCUT2D eigenvalue weighted by atomic mass is 9.98. The molecule has 0 spiro atoms. The molecule has 0 bridgehead atoms. The molecule has 0 unspecified atom stereocenters. The van der Waals surface area contributed by atoms with Crippen molar-refractivity contribution in [3.63, 3.8) is 0 Å². The van der Waals surface area contributed by atoms with Crippen molar-refractivity contribution in [2.24, 2.45) is 0 Å². The van der Waals surface area contributed by atoms with Crippen LogP contribution in [-0.4, -0.2) is 12.6 Å². The molecule has 0 N–H and O–H groups in total. The van der Waals surface area contributed by atoms with E-state index in [2.05, 4.69) is 6.07 Å². The van der Waals surface area contributed by atoms with Gasteiger partial charge in [-0.15, -0.1) is 0 Å². The zero-order valence-corrected chi connectivity index (χ0v) is 11.1. The first-order valence-electron chi connectivity index (χ1n) is 6.30. The Kier molecular flexibility index (Phi) is 3.66. The second-order valence-electron chi connectivity index (χ2n) is 4.62. The lowest BCUT2D eigenvalue weighted by molar-refractivity contribution is 0.0506. The van der Waals surface area contributed by atoms with Gasteiger partial charge in [0, 0.05) is 0 Å². The van der Waals surface area contributed by atoms with E-state index in [1.807, 2.05) is 45.0 Å². The third kappa shape index (κ3) is 2.37. The van der Waals surface area contributed by atoms with Crippen molar-refractivity contribution in [1.82, 2.24) is 0 Å². The molecule has 0 aliphatic carbocycles. The standard InChI is InChI=1S/C16H18O2/c1-4-9-18-16(17)15-12(3)6-7-13-10-11(2)5-8-14(13)15/h5-8,10H,4,9H2,1-3H3. The van der Waals surface area contributed by atoms with Crippen molar-refractivity contribution in [2.75, 3.05) is 6.61 Å². The van der Waals surface area contributed by atoms with E-state index in [0.29, 0.717) is 12.2 Å². The molecule has 0 aliphatic rings. The van der Waals surface area contributed by atoms with Gasteiger partial charge in [-0.05, 0) is 36.6 Å². The number of carbonyl (C=O) groups excluding carboxylic acids is 1. The Morgan fingerprint density at radius 1 is 1.17 bits per heavy atom. The summed E-state index contributed by atoms with van der Waals surface area (Å²) >= 11 is 0. The van der Waals surface area contributed by atoms with Crippen LogP contribution in [0, 0.1) is 13.8 Å². The van der Waals surface area contributed by atoms with Crippen LogP contribution in [0.4, 0.5) is 0 Å². The monoisotopic (exact) mass is 242 g/mol. The fraction of sp³-hybridized carbons (Fsp3) is 0.312. The molecule has 2 rings (SSSR count). The summed E-state index contributed by atoms with van der Waals surface area (Å²) in [6, 6.07) is 10.1. The quantitative estimate of drug-likeness (QED) is 0.760. The summed E-state index contributed by atoms with van der Waals surface area (Å²) in [5.74, 6) is -0.219. The summed E-state index contributed by atoms with van der Waals surface area (Å²) in [6.07, 6.45) is 0.842. The number of benzene rings is 2. The summed E-state index contributed by atoms with van der Waals surface area (Å²) in [6.45, 7) is 6.46. The minimum Gasteiger partial charge on any atom is -0.462 e. The summed E-state index contributed by atoms with van der Waals surface area (Å²) in [4.78, 5) is 12.1. The molecule has 0 fully saturated rings. The van der Waals surface area contributed by atoms with E-state index in [1.54, 1.807) is 0 Å². The summed E-state index contributed by atoms with van der Waals surface area (Å²) in [5, 5.41) is 2.06. The maximum absolute atomic E-state index is 12.1. The summed E-state index contributed by atoms with van der Waals surface area (Å²) < 4.78 is 5.26. The Balaban J connectivity index is 2.54. The van der Waals surface area contributed by atoms with Crippen molar-refractivity contribution in [3.05, 3.63) is 47.0 Å². The maximum Gasteiger partial charge on any atom is 0.339 e. The predicted molar refractivity (Wildman–Crippen MR) is 74.0 cm³/mol. The highest BCUT2D eigenvalue weighted by atomic mass is 16.5. The van der Waals surface area contributed by atoms with E-state index in [1.165, 1.54) is 5.56 Å². The molecule has 2 aromatic rings. The number of ether oxygens (including phenoxy) is 1. The van der Waals surface area contributed by atoms with E-state index in [-0.39, 0.29) is 5.97 Å². The predicted octanol–water partition coefficient (Wildman–Crippen LogP) is 4.02. The molecule has 0 aliphatic heterocycles. The van der Waals surface area contributed by atoms with Gasteiger partial charge in [-0.2, -0.15) is 0 Å². The summed E-state index contributed by atoms with van der Waals surface area (Å²) in [7, 11) is 0. The highest BCUT2D eigenvalue weighted by Crippen LogP contribution is 2.24. The number of fused-ring (bicyclic) bond motifs is 1. The number of aryl methyl sites for hydroxylation is 2. The van der Waals surface area contributed by atoms with Crippen LogP contribution >= 0.6 is 0 Å². The Hall–Kier alpha value is -1.83. The van der Waals surface area contributed by atoms with Crippen LogP contribution in [0.3, 0.4) is 0 Å². The van der Waals surface area contributed by atoms with Gasteiger partial charge in [-0.1, -0.05) is 42.8 Å². The molecule has 2 aromatic carbocycles. The second-order valence-corrected chi connectivity index (χ2v) is 4.62. The summed E-state index contributed by atoms with van der Waals surface area (Å²) in [5.41, 5.74) is 2.85. The van der Waals surface area contributed by atoms with Gasteiger partial charge in [0.15, 0.2) is 0 Å². The van der Waals surface area contributed by atoms with Gasteiger partial charge in [0.2, 0.25) is 0 Å². The SMILES string of the molecule is CCCOC(=O)c1c(C)ccc2cc(C)ccc12. The van der Waals surface area contributed by atoms with Gasteiger partial charge in [0.25, 0.3) is 0 Å². The van der Waals surface area contributed by atoms with Crippen molar-refractivity contribution >= 4 is 16.7 Å². The van der Waals surface area contributed by atoms with Crippen LogP contribution in [0.25, 0.3) is 10.8 Å². The van der Waals surface area contributed by atoms with E-state index in [4.69, 9.17) is 4.74 Å². The van der Waals surface area contributed by atoms with Gasteiger partial charge < -0.3 is 4.74 Å². The molecule has 0 saturated heterocycles. The van der Waals surface area contributed by atoms with Gasteiger partial charge in [-0.25, -0.2) is 4.79 Å². The van der Waals surface area contributed by atoms with Crippen molar-refractivity contribution in [1.29, 1.82) is 0 Å². The Morgan fingerprint density at radius 2 is 1.94 bits per heavy atom. The number of esters is 1. The van der Waals surface area contributed by atoms with Crippen molar-refractivity contribution in [2.45, 2.75) is 27.2 Å². The number of rotatable bonds is 3. The lowest BCUT2D eigenvalue weighted by Crippen LogP contribution is -2.08. The largest absolute Gasteiger partial charge is 0.462 e. The van der Waals surface area contributed by atoms with Gasteiger partial charge in [-0.3, -0.25) is 0 Å². The Labute approximate surface area is 108 Å². The van der Waals surface area contributed by atoms with Crippen LogP contribution in [0.5, 0.6) is 0 Å². The van der Waals surface area contributed by atoms with E-state index >= 15 is 0 Å². The molecule has 0 aromatic heterocycles. The van der Waals surface area contributed by atoms with Gasteiger partial charge in [0.05, 0.1) is 12.2 Å². The smallest absolute Gasteiger partial charge is 0.339 e. The van der Waals surface area contributed by atoms with Crippen molar-refractivity contribution < 1.29 is 9.53 Å². The fourth-order valence-corrected chi connectivity index (χ4v) is 2.10. The molecule has 0 heterocycles. The van der Waals surface area contributed by atoms with Gasteiger partial charge in [0.1, 0.15) is 0 Å². The molecule has 2 heteroatoms. The topological polar surface area (TPSA) is 26.3 Å². The van der Waals surface area contributed by atoms with Crippen LogP contribution in [-0.2, 0) is 4.74 Å². The highest BCUT2D eigenvalue weighted by molar-refractivity contribution is 6.06. The molecule has 0 saturated carbocycles. The molecule has 0 amide bonds. The first kappa shape index (κ1) is 12.6. The van der Waals surface area contributed by atoms with E-state index in [9.17, 15) is 4.79 Å². The van der Waals surface area contributed by atoms with Crippen molar-refractivity contribution in [3.8, 4) is 0 Å². The normalized spacial score (nSPS) is 10.6. The number of hydrogen-bond donors (Lipinski definition) is 0. The Bertz CT molecular complexity index is 585. The average molecular weight is 242 g/mol. The average Bonchev–Trinajstić information content (AvgIpc) is 2.36. The highest BCUT2D eigenvalue weighted by Gasteiger charge is 2.14. The van der Waals surface area contributed by atoms with Crippen LogP contribution in [0.1, 0.15) is 34.8 Å². The fourth-order valence-electron chi connectivity index (χ4n) is 2.10. The third-order valence-electron chi connectivity index (χ3n) is 3.03. The molecule has 0 atom stereocenters. The second kappa shape index (κ2) is 5.21. The molecule has 0 radical (unpaired) electrons. The minimum atomic E-state index is -0.219. The number of carbonyl (C=O) groups is 1. The molecule has 2 nitrogen and oxygen atoms in total. The molecular formula is C16H18O2. The van der Waals surface area contributed by atoms with Crippen LogP contribution < -0.4 is 0 Å². The van der Waals surface area contributed by atoms with E-state index in [0.717, 1.165) is 22.8 Å². The molecular weight excluding hydrogens is 224 g/mol. The first-order valence-corrected chi connectivity index (χ1v) is 6.30. The minimum absolute atomic E-state index is 0.219. The third-order valence-corrected chi connectivity index (χ3v) is 3.03. The molecule has 94 valence electrons. The lowest BCUT2D eigenvalue weighted by Gasteiger charge is -2.10. The number of hydrogen-bond acceptors (Lipinski definition) is 2.